The van der Waals surface area contributed by atoms with Crippen molar-refractivity contribution in [2.45, 2.75) is 13.8 Å². The number of nitrogen functional groups attached to an aromatic ring is 1. The molecular formula is C18H17N3O2. The van der Waals surface area contributed by atoms with Crippen LogP contribution in [0.15, 0.2) is 47.3 Å². The van der Waals surface area contributed by atoms with Gasteiger partial charge in [0.25, 0.3) is 0 Å². The zero-order valence-corrected chi connectivity index (χ0v) is 12.9. The van der Waals surface area contributed by atoms with E-state index >= 15 is 0 Å². The van der Waals surface area contributed by atoms with Crippen molar-refractivity contribution in [1.82, 2.24) is 9.97 Å². The second kappa shape index (κ2) is 5.61. The van der Waals surface area contributed by atoms with Gasteiger partial charge in [0.1, 0.15) is 5.75 Å². The first-order chi connectivity index (χ1) is 10.9. The molecule has 0 saturated heterocycles. The minimum Gasteiger partial charge on any atom is -0.508 e. The number of nitrogens with two attached hydrogens (primary N) is 1. The Hall–Kier alpha value is -3.08. The molecule has 0 saturated carbocycles. The van der Waals surface area contributed by atoms with Crippen LogP contribution in [0, 0.1) is 13.8 Å². The van der Waals surface area contributed by atoms with Gasteiger partial charge in [-0.05, 0) is 61.4 Å². The van der Waals surface area contributed by atoms with E-state index in [1.54, 1.807) is 31.2 Å². The van der Waals surface area contributed by atoms with Gasteiger partial charge in [-0.15, -0.1) is 0 Å². The average molecular weight is 307 g/mol. The number of aromatic amines is 1. The normalized spacial score (nSPS) is 10.7. The Balaban J connectivity index is 2.16. The second-order valence-corrected chi connectivity index (χ2v) is 5.56. The minimum absolute atomic E-state index is 0.216. The van der Waals surface area contributed by atoms with Crippen molar-refractivity contribution < 1.29 is 5.11 Å². The number of phenolic OH excluding ortho intramolecular Hbond substituents is 1. The summed E-state index contributed by atoms with van der Waals surface area (Å²) in [5.74, 6) is 0.216. The van der Waals surface area contributed by atoms with Crippen LogP contribution in [0.3, 0.4) is 0 Å². The van der Waals surface area contributed by atoms with Gasteiger partial charge < -0.3 is 15.8 Å². The highest BCUT2D eigenvalue weighted by molar-refractivity contribution is 5.71. The molecule has 23 heavy (non-hydrogen) atoms. The Morgan fingerprint density at radius 2 is 1.83 bits per heavy atom. The molecule has 5 nitrogen and oxygen atoms in total. The molecule has 0 aliphatic heterocycles. The SMILES string of the molecule is Cc1cc(-c2cc(-c3ccc(N)cc3C)[nH]c(=O)n2)ccc1O. The third kappa shape index (κ3) is 2.94. The van der Waals surface area contributed by atoms with E-state index < -0.39 is 5.69 Å². The van der Waals surface area contributed by atoms with E-state index in [2.05, 4.69) is 9.97 Å². The number of anilines is 1. The van der Waals surface area contributed by atoms with E-state index in [-0.39, 0.29) is 5.75 Å². The number of nitrogens with one attached hydrogen (secondary N) is 1. The quantitative estimate of drug-likeness (QED) is 0.635. The molecule has 0 amide bonds. The lowest BCUT2D eigenvalue weighted by atomic mass is 10.0. The lowest BCUT2D eigenvalue weighted by molar-refractivity contribution is 0.471. The van der Waals surface area contributed by atoms with Crippen molar-refractivity contribution in [3.8, 4) is 28.3 Å². The van der Waals surface area contributed by atoms with Gasteiger partial charge in [-0.3, -0.25) is 0 Å². The second-order valence-electron chi connectivity index (χ2n) is 5.56. The van der Waals surface area contributed by atoms with Gasteiger partial charge in [0.2, 0.25) is 0 Å². The van der Waals surface area contributed by atoms with Crippen LogP contribution >= 0.6 is 0 Å². The zero-order valence-electron chi connectivity index (χ0n) is 12.9. The fourth-order valence-electron chi connectivity index (χ4n) is 2.55. The molecule has 0 atom stereocenters. The summed E-state index contributed by atoms with van der Waals surface area (Å²) in [5, 5.41) is 9.64. The molecule has 2 aromatic carbocycles. The molecule has 3 aromatic rings. The summed E-state index contributed by atoms with van der Waals surface area (Å²) in [4.78, 5) is 18.7. The number of nitrogens with zero attached hydrogens (tertiary/aromatic N) is 1. The first-order valence-corrected chi connectivity index (χ1v) is 7.22. The standard InChI is InChI=1S/C18H17N3O2/c1-10-8-13(19)4-5-14(10)16-9-15(20-18(23)21-16)12-3-6-17(22)11(2)7-12/h3-9,22H,19H2,1-2H3,(H,20,21,23). The highest BCUT2D eigenvalue weighted by Gasteiger charge is 2.09. The van der Waals surface area contributed by atoms with Gasteiger partial charge in [-0.2, -0.15) is 4.98 Å². The maximum absolute atomic E-state index is 11.9. The van der Waals surface area contributed by atoms with E-state index in [0.717, 1.165) is 22.3 Å². The van der Waals surface area contributed by atoms with E-state index in [4.69, 9.17) is 5.73 Å². The number of rotatable bonds is 2. The molecule has 0 spiro atoms. The number of aromatic nitrogens is 2. The number of aromatic hydroxyl groups is 1. The van der Waals surface area contributed by atoms with E-state index in [9.17, 15) is 9.90 Å². The van der Waals surface area contributed by atoms with Crippen molar-refractivity contribution >= 4 is 5.69 Å². The summed E-state index contributed by atoms with van der Waals surface area (Å²) >= 11 is 0. The first kappa shape index (κ1) is 14.8. The smallest absolute Gasteiger partial charge is 0.345 e. The van der Waals surface area contributed by atoms with Crippen LogP contribution < -0.4 is 11.4 Å². The monoisotopic (exact) mass is 307 g/mol. The molecule has 0 aliphatic carbocycles. The lowest BCUT2D eigenvalue weighted by Crippen LogP contribution is -2.12. The van der Waals surface area contributed by atoms with Crippen LogP contribution in [0.5, 0.6) is 5.75 Å². The van der Waals surface area contributed by atoms with Gasteiger partial charge in [-0.1, -0.05) is 6.07 Å². The molecule has 0 unspecified atom stereocenters. The Morgan fingerprint density at radius 3 is 2.52 bits per heavy atom. The molecule has 0 radical (unpaired) electrons. The molecule has 0 fully saturated rings. The van der Waals surface area contributed by atoms with Crippen LogP contribution in [-0.2, 0) is 0 Å². The third-order valence-corrected chi connectivity index (χ3v) is 3.78. The van der Waals surface area contributed by atoms with E-state index in [1.807, 2.05) is 25.1 Å². The van der Waals surface area contributed by atoms with Crippen molar-refractivity contribution in [1.29, 1.82) is 0 Å². The van der Waals surface area contributed by atoms with Gasteiger partial charge in [0.05, 0.1) is 11.4 Å². The Labute approximate surface area is 133 Å². The molecule has 4 N–H and O–H groups in total. The highest BCUT2D eigenvalue weighted by atomic mass is 16.3. The Bertz CT molecular complexity index is 945. The number of hydrogen-bond donors (Lipinski definition) is 3. The summed E-state index contributed by atoms with van der Waals surface area (Å²) in [7, 11) is 0. The summed E-state index contributed by atoms with van der Waals surface area (Å²) in [6.45, 7) is 3.74. The van der Waals surface area contributed by atoms with E-state index in [0.29, 0.717) is 17.1 Å². The minimum atomic E-state index is -0.417. The first-order valence-electron chi connectivity index (χ1n) is 7.22. The largest absolute Gasteiger partial charge is 0.508 e. The molecule has 5 heteroatoms. The fraction of sp³-hybridized carbons (Fsp3) is 0.111. The number of benzene rings is 2. The van der Waals surface area contributed by atoms with Crippen LogP contribution in [0.4, 0.5) is 5.69 Å². The molecule has 116 valence electrons. The van der Waals surface area contributed by atoms with Crippen LogP contribution in [-0.4, -0.2) is 15.1 Å². The molecule has 0 bridgehead atoms. The van der Waals surface area contributed by atoms with Crippen molar-refractivity contribution in [2.75, 3.05) is 5.73 Å². The average Bonchev–Trinajstić information content (AvgIpc) is 2.49. The molecule has 3 rings (SSSR count). The maximum atomic E-state index is 11.9. The van der Waals surface area contributed by atoms with Gasteiger partial charge in [0, 0.05) is 16.8 Å². The number of H-pyrrole nitrogens is 1. The third-order valence-electron chi connectivity index (χ3n) is 3.78. The predicted octanol–water partition coefficient (Wildman–Crippen LogP) is 3.01. The number of phenols is 1. The Kier molecular flexibility index (Phi) is 3.62. The summed E-state index contributed by atoms with van der Waals surface area (Å²) < 4.78 is 0. The van der Waals surface area contributed by atoms with Gasteiger partial charge in [-0.25, -0.2) is 4.79 Å². The van der Waals surface area contributed by atoms with Crippen LogP contribution in [0.2, 0.25) is 0 Å². The predicted molar refractivity (Wildman–Crippen MR) is 91.3 cm³/mol. The van der Waals surface area contributed by atoms with Crippen molar-refractivity contribution in [2.24, 2.45) is 0 Å². The van der Waals surface area contributed by atoms with Crippen LogP contribution in [0.25, 0.3) is 22.5 Å². The number of aryl methyl sites for hydroxylation is 2. The van der Waals surface area contributed by atoms with Gasteiger partial charge >= 0.3 is 5.69 Å². The van der Waals surface area contributed by atoms with E-state index in [1.165, 1.54) is 0 Å². The lowest BCUT2D eigenvalue weighted by Gasteiger charge is -2.09. The highest BCUT2D eigenvalue weighted by Crippen LogP contribution is 2.27. The summed E-state index contributed by atoms with van der Waals surface area (Å²) in [6.07, 6.45) is 0. The Morgan fingerprint density at radius 1 is 1.04 bits per heavy atom. The topological polar surface area (TPSA) is 92.0 Å². The maximum Gasteiger partial charge on any atom is 0.345 e. The fourth-order valence-corrected chi connectivity index (χ4v) is 2.55. The molecule has 0 aliphatic rings. The molecule has 1 aromatic heterocycles. The summed E-state index contributed by atoms with van der Waals surface area (Å²) in [6, 6.07) is 12.5. The molecular weight excluding hydrogens is 290 g/mol. The van der Waals surface area contributed by atoms with Crippen molar-refractivity contribution in [3.63, 3.8) is 0 Å². The van der Waals surface area contributed by atoms with Gasteiger partial charge in [0.15, 0.2) is 0 Å². The molecule has 1 heterocycles. The number of hydrogen-bond acceptors (Lipinski definition) is 4. The summed E-state index contributed by atoms with van der Waals surface area (Å²) in [5.41, 5.74) is 10.7. The van der Waals surface area contributed by atoms with Crippen molar-refractivity contribution in [3.05, 3.63) is 64.1 Å². The van der Waals surface area contributed by atoms with Crippen LogP contribution in [0.1, 0.15) is 11.1 Å². The zero-order chi connectivity index (χ0) is 16.6.